The van der Waals surface area contributed by atoms with Gasteiger partial charge in [-0.3, -0.25) is 9.59 Å². The van der Waals surface area contributed by atoms with Crippen molar-refractivity contribution < 1.29 is 9.59 Å². The standard InChI is InChI=1S/C17H20N6O2/c24-15(13-3-1-8-22(10-13)16(25)12-4-5-12)21-14-9-20-23(11-14)17-18-6-2-7-19-17/h2,6-7,9,11-13H,1,3-5,8,10H2,(H,21,24). The zero-order chi connectivity index (χ0) is 17.2. The van der Waals surface area contributed by atoms with E-state index in [1.807, 2.05) is 4.90 Å². The summed E-state index contributed by atoms with van der Waals surface area (Å²) in [6, 6.07) is 1.73. The largest absolute Gasteiger partial charge is 0.342 e. The second-order valence-electron chi connectivity index (χ2n) is 6.61. The molecule has 1 N–H and O–H groups in total. The van der Waals surface area contributed by atoms with Gasteiger partial charge in [0.25, 0.3) is 0 Å². The van der Waals surface area contributed by atoms with Crippen LogP contribution in [-0.4, -0.2) is 49.6 Å². The molecule has 1 atom stereocenters. The van der Waals surface area contributed by atoms with E-state index in [9.17, 15) is 9.59 Å². The molecule has 1 saturated heterocycles. The van der Waals surface area contributed by atoms with Gasteiger partial charge in [0, 0.05) is 31.4 Å². The highest BCUT2D eigenvalue weighted by Crippen LogP contribution is 2.32. The zero-order valence-corrected chi connectivity index (χ0v) is 13.8. The summed E-state index contributed by atoms with van der Waals surface area (Å²) in [5, 5.41) is 7.06. The van der Waals surface area contributed by atoms with Crippen LogP contribution in [-0.2, 0) is 9.59 Å². The van der Waals surface area contributed by atoms with Crippen molar-refractivity contribution in [3.05, 3.63) is 30.9 Å². The minimum atomic E-state index is -0.173. The van der Waals surface area contributed by atoms with Gasteiger partial charge >= 0.3 is 0 Å². The van der Waals surface area contributed by atoms with Crippen molar-refractivity contribution in [1.82, 2.24) is 24.6 Å². The van der Waals surface area contributed by atoms with E-state index in [0.717, 1.165) is 32.2 Å². The van der Waals surface area contributed by atoms with E-state index in [-0.39, 0.29) is 23.7 Å². The van der Waals surface area contributed by atoms with Crippen molar-refractivity contribution >= 4 is 17.5 Å². The average molecular weight is 340 g/mol. The van der Waals surface area contributed by atoms with Crippen LogP contribution in [0.1, 0.15) is 25.7 Å². The SMILES string of the molecule is O=C(Nc1cnn(-c2ncccn2)c1)C1CCCN(C(=O)C2CC2)C1. The number of aromatic nitrogens is 4. The maximum atomic E-state index is 12.5. The summed E-state index contributed by atoms with van der Waals surface area (Å²) in [5.74, 6) is 0.619. The molecule has 1 aliphatic heterocycles. The fraction of sp³-hybridized carbons (Fsp3) is 0.471. The molecule has 0 bridgehead atoms. The monoisotopic (exact) mass is 340 g/mol. The van der Waals surface area contributed by atoms with Crippen LogP contribution in [0.2, 0.25) is 0 Å². The lowest BCUT2D eigenvalue weighted by atomic mass is 9.96. The van der Waals surface area contributed by atoms with Gasteiger partial charge in [0.05, 0.1) is 24.0 Å². The van der Waals surface area contributed by atoms with E-state index >= 15 is 0 Å². The first-order valence-electron chi connectivity index (χ1n) is 8.62. The molecule has 3 heterocycles. The Labute approximate surface area is 145 Å². The molecule has 1 unspecified atom stereocenters. The predicted molar refractivity (Wildman–Crippen MR) is 89.8 cm³/mol. The number of piperidine rings is 1. The van der Waals surface area contributed by atoms with Gasteiger partial charge in [-0.1, -0.05) is 0 Å². The molecular formula is C17H20N6O2. The number of rotatable bonds is 4. The highest BCUT2D eigenvalue weighted by Gasteiger charge is 2.36. The number of carbonyl (C=O) groups excluding carboxylic acids is 2. The van der Waals surface area contributed by atoms with Crippen molar-refractivity contribution in [3.63, 3.8) is 0 Å². The Morgan fingerprint density at radius 2 is 1.92 bits per heavy atom. The van der Waals surface area contributed by atoms with Gasteiger partial charge in [0.2, 0.25) is 17.8 Å². The number of anilines is 1. The Bertz CT molecular complexity index is 770. The van der Waals surface area contributed by atoms with Crippen LogP contribution in [0.25, 0.3) is 5.95 Å². The summed E-state index contributed by atoms with van der Waals surface area (Å²) in [7, 11) is 0. The Hall–Kier alpha value is -2.77. The predicted octanol–water partition coefficient (Wildman–Crippen LogP) is 1.25. The van der Waals surface area contributed by atoms with Gasteiger partial charge in [0.15, 0.2) is 0 Å². The van der Waals surface area contributed by atoms with Crippen LogP contribution in [0.15, 0.2) is 30.9 Å². The first kappa shape index (κ1) is 15.7. The molecule has 1 saturated carbocycles. The summed E-state index contributed by atoms with van der Waals surface area (Å²) in [6.45, 7) is 1.28. The second kappa shape index (κ2) is 6.62. The summed E-state index contributed by atoms with van der Waals surface area (Å²) in [5.41, 5.74) is 0.600. The van der Waals surface area contributed by atoms with Crippen LogP contribution in [0, 0.1) is 11.8 Å². The lowest BCUT2D eigenvalue weighted by Crippen LogP contribution is -2.44. The van der Waals surface area contributed by atoms with Crippen LogP contribution in [0.5, 0.6) is 0 Å². The topological polar surface area (TPSA) is 93.0 Å². The molecule has 8 nitrogen and oxygen atoms in total. The molecule has 0 spiro atoms. The van der Waals surface area contributed by atoms with Crippen molar-refractivity contribution in [1.29, 1.82) is 0 Å². The molecule has 2 aromatic rings. The van der Waals surface area contributed by atoms with E-state index in [1.54, 1.807) is 30.9 Å². The molecule has 8 heteroatoms. The number of amides is 2. The third-order valence-corrected chi connectivity index (χ3v) is 4.64. The van der Waals surface area contributed by atoms with Crippen LogP contribution >= 0.6 is 0 Å². The van der Waals surface area contributed by atoms with Crippen molar-refractivity contribution in [3.8, 4) is 5.95 Å². The van der Waals surface area contributed by atoms with Gasteiger partial charge in [0.1, 0.15) is 0 Å². The molecule has 2 amide bonds. The van der Waals surface area contributed by atoms with Gasteiger partial charge in [-0.15, -0.1) is 0 Å². The molecule has 2 fully saturated rings. The first-order valence-corrected chi connectivity index (χ1v) is 8.62. The lowest BCUT2D eigenvalue weighted by molar-refractivity contribution is -0.135. The Morgan fingerprint density at radius 1 is 1.12 bits per heavy atom. The van der Waals surface area contributed by atoms with Gasteiger partial charge in [-0.25, -0.2) is 14.6 Å². The molecule has 130 valence electrons. The normalized spacial score (nSPS) is 20.3. The second-order valence-corrected chi connectivity index (χ2v) is 6.61. The lowest BCUT2D eigenvalue weighted by Gasteiger charge is -2.32. The zero-order valence-electron chi connectivity index (χ0n) is 13.8. The third kappa shape index (κ3) is 3.52. The van der Waals surface area contributed by atoms with E-state index in [1.165, 1.54) is 4.68 Å². The maximum Gasteiger partial charge on any atom is 0.250 e. The molecule has 2 aromatic heterocycles. The van der Waals surface area contributed by atoms with Gasteiger partial charge in [-0.2, -0.15) is 5.10 Å². The number of carbonyl (C=O) groups is 2. The fourth-order valence-corrected chi connectivity index (χ4v) is 3.13. The van der Waals surface area contributed by atoms with E-state index in [4.69, 9.17) is 0 Å². The van der Waals surface area contributed by atoms with Crippen LogP contribution in [0.3, 0.4) is 0 Å². The molecule has 0 aromatic carbocycles. The summed E-state index contributed by atoms with van der Waals surface area (Å²) < 4.78 is 1.51. The van der Waals surface area contributed by atoms with Crippen LogP contribution in [0.4, 0.5) is 5.69 Å². The molecular weight excluding hydrogens is 320 g/mol. The minimum Gasteiger partial charge on any atom is -0.342 e. The first-order chi connectivity index (χ1) is 12.2. The molecule has 1 aliphatic carbocycles. The van der Waals surface area contributed by atoms with E-state index < -0.39 is 0 Å². The van der Waals surface area contributed by atoms with Crippen LogP contribution < -0.4 is 5.32 Å². The minimum absolute atomic E-state index is 0.0678. The quantitative estimate of drug-likeness (QED) is 0.904. The van der Waals surface area contributed by atoms with Crippen molar-refractivity contribution in [2.75, 3.05) is 18.4 Å². The van der Waals surface area contributed by atoms with E-state index in [2.05, 4.69) is 20.4 Å². The average Bonchev–Trinajstić information content (AvgIpc) is 3.41. The van der Waals surface area contributed by atoms with Crippen molar-refractivity contribution in [2.24, 2.45) is 11.8 Å². The highest BCUT2D eigenvalue weighted by molar-refractivity contribution is 5.93. The van der Waals surface area contributed by atoms with Gasteiger partial charge < -0.3 is 10.2 Å². The number of hydrogen-bond donors (Lipinski definition) is 1. The molecule has 0 radical (unpaired) electrons. The Kier molecular flexibility index (Phi) is 4.17. The summed E-state index contributed by atoms with van der Waals surface area (Å²) in [4.78, 5) is 34.8. The molecule has 2 aliphatic rings. The fourth-order valence-electron chi connectivity index (χ4n) is 3.13. The number of hydrogen-bond acceptors (Lipinski definition) is 5. The molecule has 25 heavy (non-hydrogen) atoms. The highest BCUT2D eigenvalue weighted by atomic mass is 16.2. The number of likely N-dealkylation sites (tertiary alicyclic amines) is 1. The summed E-state index contributed by atoms with van der Waals surface area (Å²) >= 11 is 0. The Morgan fingerprint density at radius 3 is 2.68 bits per heavy atom. The van der Waals surface area contributed by atoms with E-state index in [0.29, 0.717) is 18.2 Å². The number of nitrogens with zero attached hydrogens (tertiary/aromatic N) is 5. The Balaban J connectivity index is 1.38. The summed E-state index contributed by atoms with van der Waals surface area (Å²) in [6.07, 6.45) is 10.2. The van der Waals surface area contributed by atoms with Crippen molar-refractivity contribution in [2.45, 2.75) is 25.7 Å². The third-order valence-electron chi connectivity index (χ3n) is 4.64. The van der Waals surface area contributed by atoms with Gasteiger partial charge in [-0.05, 0) is 31.7 Å². The smallest absolute Gasteiger partial charge is 0.250 e. The maximum absolute atomic E-state index is 12.5. The number of nitrogens with one attached hydrogen (secondary N) is 1. The molecule has 4 rings (SSSR count).